The van der Waals surface area contributed by atoms with E-state index in [-0.39, 0.29) is 73.5 Å². The third-order valence-corrected chi connectivity index (χ3v) is 5.46. The van der Waals surface area contributed by atoms with Gasteiger partial charge in [-0.2, -0.15) is 0 Å². The fourth-order valence-corrected chi connectivity index (χ4v) is 3.06. The average molecular weight is 432 g/mol. The number of esters is 1. The summed E-state index contributed by atoms with van der Waals surface area (Å²) < 4.78 is 5.20. The summed E-state index contributed by atoms with van der Waals surface area (Å²) in [5, 5.41) is 3.06. The number of ketones is 3. The predicted octanol–water partition coefficient (Wildman–Crippen LogP) is 3.69. The molecule has 0 heterocycles. The van der Waals surface area contributed by atoms with E-state index in [1.165, 1.54) is 0 Å². The second-order valence-electron chi connectivity index (χ2n) is 8.77. The van der Waals surface area contributed by atoms with Crippen molar-refractivity contribution in [2.45, 2.75) is 73.0 Å². The van der Waals surface area contributed by atoms with Crippen LogP contribution >= 0.6 is 0 Å². The molecule has 0 saturated heterocycles. The molecular weight excluding hydrogens is 394 g/mol. The first kappa shape index (κ1) is 26.7. The summed E-state index contributed by atoms with van der Waals surface area (Å²) in [6.07, 6.45) is 0.756. The van der Waals surface area contributed by atoms with Crippen molar-refractivity contribution in [3.8, 4) is 0 Å². The van der Waals surface area contributed by atoms with Crippen molar-refractivity contribution in [3.05, 3.63) is 35.4 Å². The van der Waals surface area contributed by atoms with Gasteiger partial charge in [-0.25, -0.2) is 0 Å². The van der Waals surface area contributed by atoms with Crippen molar-refractivity contribution in [2.24, 2.45) is 17.8 Å². The number of carbonyl (C=O) groups excluding carboxylic acids is 4. The Kier molecular flexibility index (Phi) is 11.3. The number of hydrogen-bond donors (Lipinski definition) is 1. The van der Waals surface area contributed by atoms with E-state index in [0.717, 1.165) is 11.1 Å². The van der Waals surface area contributed by atoms with Gasteiger partial charge >= 0.3 is 5.97 Å². The number of carbonyl (C=O) groups is 4. The first-order valence-electron chi connectivity index (χ1n) is 11.0. The molecular formula is C25H37NO5. The molecule has 0 bridgehead atoms. The molecule has 2 unspecified atom stereocenters. The van der Waals surface area contributed by atoms with Crippen molar-refractivity contribution >= 4 is 23.3 Å². The Morgan fingerprint density at radius 1 is 0.839 bits per heavy atom. The lowest BCUT2D eigenvalue weighted by Crippen LogP contribution is -2.37. The summed E-state index contributed by atoms with van der Waals surface area (Å²) >= 11 is 0. The minimum Gasteiger partial charge on any atom is -0.461 e. The van der Waals surface area contributed by atoms with Crippen molar-refractivity contribution in [1.29, 1.82) is 0 Å². The van der Waals surface area contributed by atoms with E-state index in [2.05, 4.69) is 5.32 Å². The fraction of sp³-hybridized carbons (Fsp3) is 0.600. The molecule has 1 N–H and O–H groups in total. The van der Waals surface area contributed by atoms with Crippen LogP contribution in [0.5, 0.6) is 0 Å². The summed E-state index contributed by atoms with van der Waals surface area (Å²) in [4.78, 5) is 48.7. The standard InChI is InChI=1S/C25H37NO5/c1-16(2)24(29)14-22(18(5)26-6)23(28)12-11-21(27)13-19-7-9-20(10-8-19)15-31-25(30)17(3)4/h7-10,16-18,22,26H,11-15H2,1-6H3. The van der Waals surface area contributed by atoms with Gasteiger partial charge < -0.3 is 10.1 Å². The molecule has 0 spiro atoms. The number of hydrogen-bond acceptors (Lipinski definition) is 6. The number of Topliss-reactive ketones (excluding diaryl/α,β-unsaturated/α-hetero) is 3. The molecule has 0 amide bonds. The number of ether oxygens (including phenoxy) is 1. The van der Waals surface area contributed by atoms with Crippen molar-refractivity contribution < 1.29 is 23.9 Å². The first-order chi connectivity index (χ1) is 14.5. The van der Waals surface area contributed by atoms with Crippen LogP contribution in [0, 0.1) is 17.8 Å². The van der Waals surface area contributed by atoms with Crippen LogP contribution in [0.3, 0.4) is 0 Å². The van der Waals surface area contributed by atoms with Crippen molar-refractivity contribution in [2.75, 3.05) is 7.05 Å². The van der Waals surface area contributed by atoms with Crippen LogP contribution in [0.25, 0.3) is 0 Å². The highest BCUT2D eigenvalue weighted by molar-refractivity contribution is 5.92. The van der Waals surface area contributed by atoms with Crippen LogP contribution in [0.4, 0.5) is 0 Å². The van der Waals surface area contributed by atoms with Crippen LogP contribution in [0.1, 0.15) is 65.0 Å². The van der Waals surface area contributed by atoms with E-state index in [9.17, 15) is 19.2 Å². The van der Waals surface area contributed by atoms with Crippen LogP contribution in [0.15, 0.2) is 24.3 Å². The monoisotopic (exact) mass is 431 g/mol. The van der Waals surface area contributed by atoms with Gasteiger partial charge in [0, 0.05) is 43.6 Å². The van der Waals surface area contributed by atoms with E-state index >= 15 is 0 Å². The molecule has 0 radical (unpaired) electrons. The molecule has 0 saturated carbocycles. The third kappa shape index (κ3) is 9.55. The zero-order valence-electron chi connectivity index (χ0n) is 19.7. The van der Waals surface area contributed by atoms with Gasteiger partial charge in [0.15, 0.2) is 0 Å². The number of rotatable bonds is 14. The van der Waals surface area contributed by atoms with E-state index in [4.69, 9.17) is 4.74 Å². The molecule has 1 rings (SSSR count). The highest BCUT2D eigenvalue weighted by atomic mass is 16.5. The lowest BCUT2D eigenvalue weighted by Gasteiger charge is -2.22. The van der Waals surface area contributed by atoms with E-state index in [1.54, 1.807) is 20.9 Å². The maximum Gasteiger partial charge on any atom is 0.308 e. The second-order valence-corrected chi connectivity index (χ2v) is 8.77. The van der Waals surface area contributed by atoms with Gasteiger partial charge in [-0.3, -0.25) is 19.2 Å². The molecule has 0 aliphatic heterocycles. The smallest absolute Gasteiger partial charge is 0.308 e. The largest absolute Gasteiger partial charge is 0.461 e. The van der Waals surface area contributed by atoms with Crippen LogP contribution in [0.2, 0.25) is 0 Å². The summed E-state index contributed by atoms with van der Waals surface area (Å²) in [6, 6.07) is 7.23. The Morgan fingerprint density at radius 3 is 1.94 bits per heavy atom. The Labute approximate surface area is 186 Å². The van der Waals surface area contributed by atoms with Crippen molar-refractivity contribution in [1.82, 2.24) is 5.32 Å². The zero-order valence-corrected chi connectivity index (χ0v) is 19.7. The topological polar surface area (TPSA) is 89.5 Å². The lowest BCUT2D eigenvalue weighted by molar-refractivity contribution is -0.148. The second kappa shape index (κ2) is 13.2. The highest BCUT2D eigenvalue weighted by Gasteiger charge is 2.27. The Bertz CT molecular complexity index is 752. The zero-order chi connectivity index (χ0) is 23.6. The molecule has 0 fully saturated rings. The molecule has 6 heteroatoms. The summed E-state index contributed by atoms with van der Waals surface area (Å²) in [5.41, 5.74) is 1.71. The molecule has 0 aliphatic rings. The van der Waals surface area contributed by atoms with Gasteiger partial charge in [0.05, 0.1) is 5.92 Å². The fourth-order valence-electron chi connectivity index (χ4n) is 3.06. The normalized spacial score (nSPS) is 13.2. The predicted molar refractivity (Wildman–Crippen MR) is 121 cm³/mol. The molecule has 0 aliphatic carbocycles. The first-order valence-corrected chi connectivity index (χ1v) is 11.0. The molecule has 0 aromatic heterocycles. The van der Waals surface area contributed by atoms with Gasteiger partial charge in [-0.05, 0) is 25.1 Å². The molecule has 6 nitrogen and oxygen atoms in total. The Hall–Kier alpha value is -2.34. The summed E-state index contributed by atoms with van der Waals surface area (Å²) in [6.45, 7) is 9.32. The average Bonchev–Trinajstić information content (AvgIpc) is 2.74. The van der Waals surface area contributed by atoms with Gasteiger partial charge in [0.25, 0.3) is 0 Å². The SMILES string of the molecule is CNC(C)C(CC(=O)C(C)C)C(=O)CCC(=O)Cc1ccc(COC(=O)C(C)C)cc1. The van der Waals surface area contributed by atoms with Gasteiger partial charge in [0.2, 0.25) is 0 Å². The quantitative estimate of drug-likeness (QED) is 0.452. The van der Waals surface area contributed by atoms with E-state index in [1.807, 2.05) is 45.0 Å². The lowest BCUT2D eigenvalue weighted by atomic mass is 9.86. The van der Waals surface area contributed by atoms with Crippen LogP contribution < -0.4 is 5.32 Å². The Morgan fingerprint density at radius 2 is 1.42 bits per heavy atom. The Balaban J connectivity index is 2.56. The number of benzene rings is 1. The molecule has 1 aromatic carbocycles. The minimum atomic E-state index is -0.416. The maximum absolute atomic E-state index is 12.7. The molecule has 172 valence electrons. The third-order valence-electron chi connectivity index (χ3n) is 5.46. The summed E-state index contributed by atoms with van der Waals surface area (Å²) in [5.74, 6) is -0.946. The van der Waals surface area contributed by atoms with Crippen LogP contribution in [-0.2, 0) is 36.9 Å². The minimum absolute atomic E-state index is 0.0154. The maximum atomic E-state index is 12.7. The molecule has 1 aromatic rings. The number of nitrogens with one attached hydrogen (secondary N) is 1. The molecule has 2 atom stereocenters. The molecule has 31 heavy (non-hydrogen) atoms. The van der Waals surface area contributed by atoms with E-state index in [0.29, 0.717) is 0 Å². The van der Waals surface area contributed by atoms with E-state index < -0.39 is 5.92 Å². The van der Waals surface area contributed by atoms with Gasteiger partial charge in [0.1, 0.15) is 24.0 Å². The van der Waals surface area contributed by atoms with Crippen LogP contribution in [-0.4, -0.2) is 36.4 Å². The van der Waals surface area contributed by atoms with Gasteiger partial charge in [-0.1, -0.05) is 52.0 Å². The highest BCUT2D eigenvalue weighted by Crippen LogP contribution is 2.18. The summed E-state index contributed by atoms with van der Waals surface area (Å²) in [7, 11) is 1.77. The van der Waals surface area contributed by atoms with Gasteiger partial charge in [-0.15, -0.1) is 0 Å². The van der Waals surface area contributed by atoms with Crippen molar-refractivity contribution in [3.63, 3.8) is 0 Å².